The molecule has 2 aromatic carbocycles. The Kier molecular flexibility index (Phi) is 5.99. The molecule has 32 heavy (non-hydrogen) atoms. The monoisotopic (exact) mass is 456 g/mol. The van der Waals surface area contributed by atoms with E-state index in [9.17, 15) is 19.7 Å². The van der Waals surface area contributed by atoms with Gasteiger partial charge in [-0.15, -0.1) is 0 Å². The first-order chi connectivity index (χ1) is 15.3. The van der Waals surface area contributed by atoms with E-state index in [0.29, 0.717) is 30.2 Å². The highest BCUT2D eigenvalue weighted by Crippen LogP contribution is 2.39. The van der Waals surface area contributed by atoms with Gasteiger partial charge in [0.25, 0.3) is 11.6 Å². The second-order valence-corrected chi connectivity index (χ2v) is 8.28. The molecule has 0 saturated heterocycles. The van der Waals surface area contributed by atoms with Gasteiger partial charge < -0.3 is 14.1 Å². The minimum atomic E-state index is -0.809. The third kappa shape index (κ3) is 3.99. The largest absolute Gasteiger partial charge is 0.450 e. The highest BCUT2D eigenvalue weighted by atomic mass is 35.5. The third-order valence-corrected chi connectivity index (χ3v) is 5.55. The van der Waals surface area contributed by atoms with Gasteiger partial charge in [0.15, 0.2) is 5.43 Å². The number of nitro groups is 1. The van der Waals surface area contributed by atoms with Crippen LogP contribution in [0.1, 0.15) is 48.0 Å². The summed E-state index contributed by atoms with van der Waals surface area (Å²) in [7, 11) is 0. The smallest absolute Gasteiger partial charge is 0.290 e. The average molecular weight is 457 g/mol. The molecule has 1 amide bonds. The molecule has 9 heteroatoms. The van der Waals surface area contributed by atoms with Gasteiger partial charge in [0.05, 0.1) is 28.0 Å². The van der Waals surface area contributed by atoms with Gasteiger partial charge >= 0.3 is 0 Å². The molecular formula is C23H21ClN2O6. The lowest BCUT2D eigenvalue weighted by Gasteiger charge is -2.25. The van der Waals surface area contributed by atoms with Crippen LogP contribution in [0.3, 0.4) is 0 Å². The molecule has 0 N–H and O–H groups in total. The molecule has 166 valence electrons. The highest BCUT2D eigenvalue weighted by Gasteiger charge is 2.42. The van der Waals surface area contributed by atoms with Crippen LogP contribution in [-0.4, -0.2) is 35.0 Å². The zero-order chi connectivity index (χ0) is 23.0. The van der Waals surface area contributed by atoms with Crippen LogP contribution in [0.5, 0.6) is 0 Å². The minimum Gasteiger partial charge on any atom is -0.450 e. The standard InChI is InChI=1S/C23H21ClN2O6/c1-13(2)31-10-4-9-25-20(14-5-3-6-16(11-14)26(29)30)19-21(27)17-12-15(24)7-8-18(17)32-22(19)23(25)28/h3,5-8,11-13,20H,4,9-10H2,1-2H3/t20-/m0/s1. The summed E-state index contributed by atoms with van der Waals surface area (Å²) in [5.41, 5.74) is 0.378. The van der Waals surface area contributed by atoms with Gasteiger partial charge in [-0.1, -0.05) is 23.7 Å². The van der Waals surface area contributed by atoms with E-state index < -0.39 is 16.9 Å². The summed E-state index contributed by atoms with van der Waals surface area (Å²) in [4.78, 5) is 39.0. The Labute approximate surface area is 188 Å². The molecule has 1 aliphatic heterocycles. The number of carbonyl (C=O) groups is 1. The maximum absolute atomic E-state index is 13.4. The van der Waals surface area contributed by atoms with Crippen molar-refractivity contribution in [2.45, 2.75) is 32.4 Å². The predicted molar refractivity (Wildman–Crippen MR) is 119 cm³/mol. The number of halogens is 1. The fourth-order valence-corrected chi connectivity index (χ4v) is 4.10. The molecule has 0 bridgehead atoms. The summed E-state index contributed by atoms with van der Waals surface area (Å²) in [5.74, 6) is -0.485. The molecule has 4 rings (SSSR count). The van der Waals surface area contributed by atoms with E-state index in [0.717, 1.165) is 0 Å². The summed E-state index contributed by atoms with van der Waals surface area (Å²) in [5, 5.41) is 11.9. The molecule has 1 atom stereocenters. The molecule has 0 radical (unpaired) electrons. The van der Waals surface area contributed by atoms with Gasteiger partial charge in [0.2, 0.25) is 5.76 Å². The number of ether oxygens (including phenoxy) is 1. The van der Waals surface area contributed by atoms with Crippen molar-refractivity contribution in [2.24, 2.45) is 0 Å². The zero-order valence-electron chi connectivity index (χ0n) is 17.5. The van der Waals surface area contributed by atoms with Crippen molar-refractivity contribution in [1.82, 2.24) is 4.90 Å². The first kappa shape index (κ1) is 22.0. The second-order valence-electron chi connectivity index (χ2n) is 7.84. The number of nitro benzene ring substituents is 1. The third-order valence-electron chi connectivity index (χ3n) is 5.32. The molecule has 8 nitrogen and oxygen atoms in total. The molecule has 0 saturated carbocycles. The fourth-order valence-electron chi connectivity index (χ4n) is 3.93. The molecule has 1 aliphatic rings. The number of hydrogen-bond donors (Lipinski definition) is 0. The van der Waals surface area contributed by atoms with Crippen LogP contribution in [0.25, 0.3) is 11.0 Å². The van der Waals surface area contributed by atoms with Crippen molar-refractivity contribution >= 4 is 34.2 Å². The van der Waals surface area contributed by atoms with E-state index in [1.807, 2.05) is 13.8 Å². The Bertz CT molecular complexity index is 1270. The first-order valence-electron chi connectivity index (χ1n) is 10.2. The van der Waals surface area contributed by atoms with Crippen LogP contribution < -0.4 is 5.43 Å². The summed E-state index contributed by atoms with van der Waals surface area (Å²) < 4.78 is 11.4. The number of benzene rings is 2. The number of non-ortho nitro benzene ring substituents is 1. The van der Waals surface area contributed by atoms with E-state index in [2.05, 4.69) is 0 Å². The number of rotatable bonds is 7. The van der Waals surface area contributed by atoms with Gasteiger partial charge in [-0.25, -0.2) is 0 Å². The van der Waals surface area contributed by atoms with E-state index >= 15 is 0 Å². The van der Waals surface area contributed by atoms with E-state index in [-0.39, 0.29) is 39.5 Å². The Hall–Kier alpha value is -3.23. The van der Waals surface area contributed by atoms with Crippen LogP contribution in [0.15, 0.2) is 51.7 Å². The lowest BCUT2D eigenvalue weighted by molar-refractivity contribution is -0.384. The first-order valence-corrected chi connectivity index (χ1v) is 10.6. The average Bonchev–Trinajstić information content (AvgIpc) is 3.04. The molecule has 0 aliphatic carbocycles. The quantitative estimate of drug-likeness (QED) is 0.289. The van der Waals surface area contributed by atoms with Gasteiger partial charge in [0.1, 0.15) is 5.58 Å². The highest BCUT2D eigenvalue weighted by molar-refractivity contribution is 6.31. The Morgan fingerprint density at radius 1 is 1.22 bits per heavy atom. The summed E-state index contributed by atoms with van der Waals surface area (Å²) in [6, 6.07) is 9.77. The van der Waals surface area contributed by atoms with Crippen LogP contribution in [0.4, 0.5) is 5.69 Å². The number of hydrogen-bond acceptors (Lipinski definition) is 6. The SMILES string of the molecule is CC(C)OCCCN1C(=O)c2oc3ccc(Cl)cc3c(=O)c2[C@@H]1c1cccc([N+](=O)[O-])c1. The van der Waals surface area contributed by atoms with Crippen molar-refractivity contribution in [1.29, 1.82) is 0 Å². The Morgan fingerprint density at radius 2 is 2.00 bits per heavy atom. The Balaban J connectivity index is 1.85. The summed E-state index contributed by atoms with van der Waals surface area (Å²) in [6.07, 6.45) is 0.579. The normalized spacial score (nSPS) is 15.6. The van der Waals surface area contributed by atoms with Gasteiger partial charge in [0, 0.05) is 30.3 Å². The summed E-state index contributed by atoms with van der Waals surface area (Å²) in [6.45, 7) is 4.56. The lowest BCUT2D eigenvalue weighted by atomic mass is 9.98. The Morgan fingerprint density at radius 3 is 2.72 bits per heavy atom. The van der Waals surface area contributed by atoms with Crippen molar-refractivity contribution in [3.05, 3.63) is 84.7 Å². The van der Waals surface area contributed by atoms with Crippen molar-refractivity contribution in [3.8, 4) is 0 Å². The van der Waals surface area contributed by atoms with Crippen LogP contribution in [0.2, 0.25) is 5.02 Å². The second kappa shape index (κ2) is 8.72. The van der Waals surface area contributed by atoms with Crippen molar-refractivity contribution in [2.75, 3.05) is 13.2 Å². The molecule has 3 aromatic rings. The molecule has 0 spiro atoms. The van der Waals surface area contributed by atoms with E-state index in [1.165, 1.54) is 29.2 Å². The molecule has 1 aromatic heterocycles. The van der Waals surface area contributed by atoms with E-state index in [1.54, 1.807) is 18.2 Å². The van der Waals surface area contributed by atoms with Crippen LogP contribution >= 0.6 is 11.6 Å². The van der Waals surface area contributed by atoms with Crippen LogP contribution in [-0.2, 0) is 4.74 Å². The summed E-state index contributed by atoms with van der Waals surface area (Å²) >= 11 is 6.07. The number of carbonyl (C=O) groups excluding carboxylic acids is 1. The molecule has 2 heterocycles. The number of nitrogens with zero attached hydrogens (tertiary/aromatic N) is 2. The fraction of sp³-hybridized carbons (Fsp3) is 0.304. The zero-order valence-corrected chi connectivity index (χ0v) is 18.3. The van der Waals surface area contributed by atoms with E-state index in [4.69, 9.17) is 20.8 Å². The minimum absolute atomic E-state index is 0.0485. The predicted octanol–water partition coefficient (Wildman–Crippen LogP) is 4.71. The van der Waals surface area contributed by atoms with Crippen molar-refractivity contribution < 1.29 is 18.9 Å². The van der Waals surface area contributed by atoms with Crippen molar-refractivity contribution in [3.63, 3.8) is 0 Å². The maximum atomic E-state index is 13.4. The van der Waals surface area contributed by atoms with Crippen LogP contribution in [0, 0.1) is 10.1 Å². The number of fused-ring (bicyclic) bond motifs is 2. The van der Waals surface area contributed by atoms with Gasteiger partial charge in [-0.2, -0.15) is 0 Å². The molecule has 0 unspecified atom stereocenters. The number of amides is 1. The van der Waals surface area contributed by atoms with Gasteiger partial charge in [-0.05, 0) is 44.0 Å². The molecule has 0 fully saturated rings. The lowest BCUT2D eigenvalue weighted by Crippen LogP contribution is -2.31. The van der Waals surface area contributed by atoms with Gasteiger partial charge in [-0.3, -0.25) is 19.7 Å². The topological polar surface area (TPSA) is 103 Å². The molecular weight excluding hydrogens is 436 g/mol. The maximum Gasteiger partial charge on any atom is 0.290 e.